The lowest BCUT2D eigenvalue weighted by Gasteiger charge is -2.22. The highest BCUT2D eigenvalue weighted by atomic mass is 32.2. The summed E-state index contributed by atoms with van der Waals surface area (Å²) in [5, 5.41) is 3.22. The van der Waals surface area contributed by atoms with Gasteiger partial charge < -0.3 is 10.2 Å². The number of benzene rings is 2. The molecular weight excluding hydrogens is 349 g/mol. The summed E-state index contributed by atoms with van der Waals surface area (Å²) in [7, 11) is 0.961. The third-order valence-corrected chi connectivity index (χ3v) is 5.05. The van der Waals surface area contributed by atoms with Gasteiger partial charge in [0.15, 0.2) is 5.96 Å². The number of halogens is 1. The topological polar surface area (TPSA) is 44.7 Å². The summed E-state index contributed by atoms with van der Waals surface area (Å²) in [6, 6.07) is 16.4. The van der Waals surface area contributed by atoms with E-state index in [1.165, 1.54) is 12.1 Å². The van der Waals surface area contributed by atoms with Gasteiger partial charge in [0.1, 0.15) is 5.82 Å². The molecular formula is C20H26FN3OS. The van der Waals surface area contributed by atoms with Gasteiger partial charge in [-0.1, -0.05) is 42.5 Å². The second-order valence-corrected chi connectivity index (χ2v) is 7.57. The second-order valence-electron chi connectivity index (χ2n) is 6.00. The van der Waals surface area contributed by atoms with E-state index in [9.17, 15) is 8.60 Å². The van der Waals surface area contributed by atoms with Crippen molar-refractivity contribution < 1.29 is 8.60 Å². The first-order valence-electron chi connectivity index (χ1n) is 8.71. The predicted octanol–water partition coefficient (Wildman–Crippen LogP) is 3.17. The van der Waals surface area contributed by atoms with Gasteiger partial charge in [-0.2, -0.15) is 0 Å². The average Bonchev–Trinajstić information content (AvgIpc) is 2.62. The maximum absolute atomic E-state index is 13.3. The van der Waals surface area contributed by atoms with Crippen molar-refractivity contribution in [2.45, 2.75) is 19.2 Å². The molecule has 26 heavy (non-hydrogen) atoms. The summed E-state index contributed by atoms with van der Waals surface area (Å²) < 4.78 is 25.6. The molecule has 0 radical (unpaired) electrons. The largest absolute Gasteiger partial charge is 0.357 e. The zero-order valence-electron chi connectivity index (χ0n) is 15.3. The molecule has 0 fully saturated rings. The summed E-state index contributed by atoms with van der Waals surface area (Å²) in [6.07, 6.45) is 0. The molecule has 0 saturated carbocycles. The number of aliphatic imine (C=N–C) groups is 1. The minimum Gasteiger partial charge on any atom is -0.357 e. The highest BCUT2D eigenvalue weighted by Gasteiger charge is 2.08. The molecule has 0 bridgehead atoms. The fraction of sp³-hybridized carbons (Fsp3) is 0.350. The molecule has 0 aliphatic carbocycles. The zero-order valence-corrected chi connectivity index (χ0v) is 16.1. The Morgan fingerprint density at radius 3 is 2.58 bits per heavy atom. The number of nitrogens with zero attached hydrogens (tertiary/aromatic N) is 2. The molecule has 1 atom stereocenters. The van der Waals surface area contributed by atoms with Crippen LogP contribution in [0.15, 0.2) is 59.6 Å². The number of rotatable bonds is 8. The molecule has 0 amide bonds. The Morgan fingerprint density at radius 1 is 1.15 bits per heavy atom. The van der Waals surface area contributed by atoms with E-state index in [2.05, 4.69) is 10.3 Å². The van der Waals surface area contributed by atoms with E-state index in [0.717, 1.165) is 23.6 Å². The molecule has 2 rings (SSSR count). The van der Waals surface area contributed by atoms with Crippen LogP contribution in [-0.4, -0.2) is 41.0 Å². The first-order chi connectivity index (χ1) is 12.6. The van der Waals surface area contributed by atoms with Crippen LogP contribution in [0.5, 0.6) is 0 Å². The van der Waals surface area contributed by atoms with Crippen LogP contribution in [0.25, 0.3) is 0 Å². The van der Waals surface area contributed by atoms with Crippen molar-refractivity contribution >= 4 is 16.8 Å². The Bertz CT molecular complexity index is 737. The van der Waals surface area contributed by atoms with Crippen molar-refractivity contribution in [1.29, 1.82) is 0 Å². The third-order valence-electron chi connectivity index (χ3n) is 3.76. The fourth-order valence-electron chi connectivity index (χ4n) is 2.54. The quantitative estimate of drug-likeness (QED) is 0.569. The molecule has 2 aromatic rings. The van der Waals surface area contributed by atoms with Crippen LogP contribution in [0.1, 0.15) is 18.1 Å². The van der Waals surface area contributed by atoms with E-state index in [1.807, 2.05) is 55.3 Å². The molecule has 0 saturated heterocycles. The van der Waals surface area contributed by atoms with Crippen molar-refractivity contribution in [2.75, 3.05) is 25.9 Å². The standard InChI is InChI=1S/C20H26FN3OS/c1-3-22-20(24(2)15-18-10-7-11-19(21)14-18)23-12-13-26(25)16-17-8-5-4-6-9-17/h4-11,14H,3,12-13,15-16H2,1-2H3,(H,22,23). The molecule has 6 heteroatoms. The van der Waals surface area contributed by atoms with Gasteiger partial charge in [-0.25, -0.2) is 4.39 Å². The number of guanidine groups is 1. The van der Waals surface area contributed by atoms with Crippen LogP contribution < -0.4 is 5.32 Å². The Labute approximate surface area is 157 Å². The van der Waals surface area contributed by atoms with Gasteiger partial charge >= 0.3 is 0 Å². The van der Waals surface area contributed by atoms with Crippen LogP contribution in [-0.2, 0) is 23.1 Å². The summed E-state index contributed by atoms with van der Waals surface area (Å²) >= 11 is 0. The van der Waals surface area contributed by atoms with E-state index < -0.39 is 10.8 Å². The highest BCUT2D eigenvalue weighted by Crippen LogP contribution is 2.07. The predicted molar refractivity (Wildman–Crippen MR) is 107 cm³/mol. The van der Waals surface area contributed by atoms with E-state index in [1.54, 1.807) is 6.07 Å². The number of hydrogen-bond acceptors (Lipinski definition) is 2. The molecule has 0 aliphatic rings. The third kappa shape index (κ3) is 6.96. The Balaban J connectivity index is 1.89. The van der Waals surface area contributed by atoms with Gasteiger partial charge in [0, 0.05) is 42.4 Å². The summed E-state index contributed by atoms with van der Waals surface area (Å²) in [4.78, 5) is 6.50. The minimum atomic E-state index is -0.949. The molecule has 4 nitrogen and oxygen atoms in total. The number of hydrogen-bond donors (Lipinski definition) is 1. The first-order valence-corrected chi connectivity index (χ1v) is 10.2. The fourth-order valence-corrected chi connectivity index (χ4v) is 3.54. The Kier molecular flexibility index (Phi) is 8.28. The lowest BCUT2D eigenvalue weighted by molar-refractivity contribution is 0.475. The smallest absolute Gasteiger partial charge is 0.193 e. The molecule has 0 spiro atoms. The highest BCUT2D eigenvalue weighted by molar-refractivity contribution is 7.84. The van der Waals surface area contributed by atoms with Crippen molar-refractivity contribution in [3.63, 3.8) is 0 Å². The van der Waals surface area contributed by atoms with Crippen molar-refractivity contribution in [2.24, 2.45) is 4.99 Å². The molecule has 1 N–H and O–H groups in total. The molecule has 0 aromatic heterocycles. The lowest BCUT2D eigenvalue weighted by Crippen LogP contribution is -2.38. The van der Waals surface area contributed by atoms with Crippen molar-refractivity contribution in [1.82, 2.24) is 10.2 Å². The lowest BCUT2D eigenvalue weighted by atomic mass is 10.2. The van der Waals surface area contributed by atoms with E-state index in [4.69, 9.17) is 0 Å². The van der Waals surface area contributed by atoms with E-state index in [-0.39, 0.29) is 5.82 Å². The molecule has 0 heterocycles. The van der Waals surface area contributed by atoms with Gasteiger partial charge in [-0.3, -0.25) is 9.20 Å². The second kappa shape index (κ2) is 10.7. The van der Waals surface area contributed by atoms with Gasteiger partial charge in [0.2, 0.25) is 0 Å². The van der Waals surface area contributed by atoms with Crippen molar-refractivity contribution in [3.8, 4) is 0 Å². The first kappa shape index (κ1) is 20.1. The Morgan fingerprint density at radius 2 is 1.88 bits per heavy atom. The molecule has 0 aliphatic heterocycles. The minimum absolute atomic E-state index is 0.242. The normalized spacial score (nSPS) is 12.7. The van der Waals surface area contributed by atoms with Gasteiger partial charge in [0.25, 0.3) is 0 Å². The SMILES string of the molecule is CCNC(=NCCS(=O)Cc1ccccc1)N(C)Cc1cccc(F)c1. The van der Waals surface area contributed by atoms with Crippen LogP contribution in [0.4, 0.5) is 4.39 Å². The molecule has 1 unspecified atom stereocenters. The Hall–Kier alpha value is -2.21. The zero-order chi connectivity index (χ0) is 18.8. The molecule has 2 aromatic carbocycles. The van der Waals surface area contributed by atoms with E-state index in [0.29, 0.717) is 24.6 Å². The summed E-state index contributed by atoms with van der Waals surface area (Å²) in [6.45, 7) is 3.77. The van der Waals surface area contributed by atoms with Gasteiger partial charge in [-0.15, -0.1) is 0 Å². The summed E-state index contributed by atoms with van der Waals surface area (Å²) in [5.41, 5.74) is 1.95. The van der Waals surface area contributed by atoms with Crippen LogP contribution >= 0.6 is 0 Å². The van der Waals surface area contributed by atoms with Crippen LogP contribution in [0.2, 0.25) is 0 Å². The maximum Gasteiger partial charge on any atom is 0.193 e. The van der Waals surface area contributed by atoms with Gasteiger partial charge in [-0.05, 0) is 30.2 Å². The number of nitrogens with one attached hydrogen (secondary N) is 1. The van der Waals surface area contributed by atoms with E-state index >= 15 is 0 Å². The summed E-state index contributed by atoms with van der Waals surface area (Å²) in [5.74, 6) is 1.55. The van der Waals surface area contributed by atoms with Crippen LogP contribution in [0.3, 0.4) is 0 Å². The maximum atomic E-state index is 13.3. The van der Waals surface area contributed by atoms with Gasteiger partial charge in [0.05, 0.1) is 6.54 Å². The molecule has 140 valence electrons. The average molecular weight is 376 g/mol. The van der Waals surface area contributed by atoms with Crippen LogP contribution in [0, 0.1) is 5.82 Å². The van der Waals surface area contributed by atoms with Crippen molar-refractivity contribution in [3.05, 3.63) is 71.5 Å². The monoisotopic (exact) mass is 375 g/mol.